The van der Waals surface area contributed by atoms with E-state index in [0.717, 1.165) is 0 Å². The Balaban J connectivity index is 2.45. The molecular formula is C8H13N5O2S. The van der Waals surface area contributed by atoms with E-state index in [1.165, 1.54) is 17.8 Å². The van der Waals surface area contributed by atoms with Crippen LogP contribution in [0.1, 0.15) is 6.92 Å². The fraction of sp³-hybridized carbons (Fsp3) is 0.500. The molecule has 0 radical (unpaired) electrons. The second-order valence-corrected chi connectivity index (χ2v) is 5.33. The van der Waals surface area contributed by atoms with Gasteiger partial charge in [-0.15, -0.1) is 0 Å². The van der Waals surface area contributed by atoms with Crippen LogP contribution in [0, 0.1) is 11.3 Å². The first-order valence-electron chi connectivity index (χ1n) is 4.61. The van der Waals surface area contributed by atoms with Crippen molar-refractivity contribution in [1.82, 2.24) is 14.5 Å². The van der Waals surface area contributed by atoms with Crippen LogP contribution in [0.3, 0.4) is 0 Å². The van der Waals surface area contributed by atoms with Crippen LogP contribution in [0.25, 0.3) is 0 Å². The highest BCUT2D eigenvalue weighted by atomic mass is 32.2. The van der Waals surface area contributed by atoms with Crippen molar-refractivity contribution in [2.45, 2.75) is 18.7 Å². The number of rotatable bonds is 5. The Kier molecular flexibility index (Phi) is 3.87. The van der Waals surface area contributed by atoms with E-state index in [0.29, 0.717) is 12.2 Å². The van der Waals surface area contributed by atoms with Crippen molar-refractivity contribution in [3.63, 3.8) is 0 Å². The Morgan fingerprint density at radius 1 is 1.75 bits per heavy atom. The maximum atomic E-state index is 11.4. The summed E-state index contributed by atoms with van der Waals surface area (Å²) in [5, 5.41) is 11.3. The number of aromatic nitrogens is 2. The van der Waals surface area contributed by atoms with Crippen LogP contribution < -0.4 is 10.5 Å². The average Bonchev–Trinajstić information content (AvgIpc) is 2.62. The van der Waals surface area contributed by atoms with Gasteiger partial charge < -0.3 is 5.73 Å². The highest BCUT2D eigenvalue weighted by molar-refractivity contribution is 7.90. The summed E-state index contributed by atoms with van der Waals surface area (Å²) in [6.07, 6.45) is 3.08. The number of hydrogen-bond acceptors (Lipinski definition) is 5. The van der Waals surface area contributed by atoms with E-state index in [2.05, 4.69) is 9.82 Å². The van der Waals surface area contributed by atoms with Gasteiger partial charge in [-0.3, -0.25) is 4.68 Å². The predicted molar refractivity (Wildman–Crippen MR) is 58.6 cm³/mol. The van der Waals surface area contributed by atoms with Gasteiger partial charge in [0, 0.05) is 12.7 Å². The van der Waals surface area contributed by atoms with Gasteiger partial charge in [-0.1, -0.05) is 0 Å². The Hall–Kier alpha value is -1.59. The van der Waals surface area contributed by atoms with Crippen molar-refractivity contribution in [2.75, 3.05) is 12.3 Å². The Morgan fingerprint density at radius 3 is 2.94 bits per heavy atom. The second-order valence-electron chi connectivity index (χ2n) is 3.25. The molecule has 1 aromatic heterocycles. The highest BCUT2D eigenvalue weighted by Crippen LogP contribution is 1.98. The van der Waals surface area contributed by atoms with Crippen molar-refractivity contribution in [2.24, 2.45) is 0 Å². The zero-order chi connectivity index (χ0) is 12.2. The summed E-state index contributed by atoms with van der Waals surface area (Å²) in [6.45, 7) is 1.87. The van der Waals surface area contributed by atoms with Crippen LogP contribution in [-0.4, -0.2) is 30.0 Å². The summed E-state index contributed by atoms with van der Waals surface area (Å²) in [6, 6.07) is 1.67. The third kappa shape index (κ3) is 3.22. The van der Waals surface area contributed by atoms with Gasteiger partial charge in [0.1, 0.15) is 0 Å². The number of sulfonamides is 1. The topological polar surface area (TPSA) is 114 Å². The van der Waals surface area contributed by atoms with Crippen LogP contribution in [0.5, 0.6) is 0 Å². The Labute approximate surface area is 93.9 Å². The standard InChI is InChI=1S/C8H13N5O2S/c1-7(4-9)16(14,15)12-2-3-13-6-8(10)5-11-13/h5-7,12H,2-3,10H2,1H3. The van der Waals surface area contributed by atoms with Crippen molar-refractivity contribution in [1.29, 1.82) is 5.26 Å². The van der Waals surface area contributed by atoms with Gasteiger partial charge in [-0.25, -0.2) is 13.1 Å². The van der Waals surface area contributed by atoms with Crippen molar-refractivity contribution >= 4 is 15.7 Å². The molecule has 0 aliphatic carbocycles. The SMILES string of the molecule is CC(C#N)S(=O)(=O)NCCn1cc(N)cn1. The molecular weight excluding hydrogens is 230 g/mol. The predicted octanol–water partition coefficient (Wildman–Crippen LogP) is -0.703. The maximum absolute atomic E-state index is 11.4. The molecule has 1 atom stereocenters. The molecule has 1 rings (SSSR count). The normalized spacial score (nSPS) is 13.2. The summed E-state index contributed by atoms with van der Waals surface area (Å²) in [5.41, 5.74) is 5.96. The summed E-state index contributed by atoms with van der Waals surface area (Å²) in [7, 11) is -3.56. The van der Waals surface area contributed by atoms with Gasteiger partial charge in [-0.05, 0) is 6.92 Å². The zero-order valence-electron chi connectivity index (χ0n) is 8.79. The fourth-order valence-corrected chi connectivity index (χ4v) is 1.76. The number of nitrogen functional groups attached to an aromatic ring is 1. The molecule has 0 spiro atoms. The van der Waals surface area contributed by atoms with Crippen LogP contribution in [0.2, 0.25) is 0 Å². The number of nitriles is 1. The van der Waals surface area contributed by atoms with Crippen LogP contribution >= 0.6 is 0 Å². The van der Waals surface area contributed by atoms with Crippen LogP contribution in [0.4, 0.5) is 5.69 Å². The minimum Gasteiger partial charge on any atom is -0.396 e. The largest absolute Gasteiger partial charge is 0.396 e. The zero-order valence-corrected chi connectivity index (χ0v) is 9.61. The number of nitrogens with one attached hydrogen (secondary N) is 1. The summed E-state index contributed by atoms with van der Waals surface area (Å²) >= 11 is 0. The van der Waals surface area contributed by atoms with Crippen LogP contribution in [0.15, 0.2) is 12.4 Å². The van der Waals surface area contributed by atoms with Gasteiger partial charge in [-0.2, -0.15) is 10.4 Å². The lowest BCUT2D eigenvalue weighted by molar-refractivity contribution is 0.557. The molecule has 0 saturated heterocycles. The van der Waals surface area contributed by atoms with Gasteiger partial charge in [0.15, 0.2) is 5.25 Å². The number of nitrogens with zero attached hydrogens (tertiary/aromatic N) is 3. The second kappa shape index (κ2) is 4.96. The quantitative estimate of drug-likeness (QED) is 0.709. The molecule has 0 fully saturated rings. The third-order valence-corrected chi connectivity index (χ3v) is 3.59. The van der Waals surface area contributed by atoms with E-state index in [-0.39, 0.29) is 6.54 Å². The number of nitrogens with two attached hydrogens (primary N) is 1. The molecule has 7 nitrogen and oxygen atoms in total. The molecule has 0 bridgehead atoms. The third-order valence-electron chi connectivity index (χ3n) is 1.94. The van der Waals surface area contributed by atoms with Crippen molar-refractivity contribution < 1.29 is 8.42 Å². The molecule has 0 saturated carbocycles. The average molecular weight is 243 g/mol. The van der Waals surface area contributed by atoms with E-state index in [4.69, 9.17) is 11.0 Å². The highest BCUT2D eigenvalue weighted by Gasteiger charge is 2.18. The molecule has 88 valence electrons. The Bertz CT molecular complexity index is 487. The van der Waals surface area contributed by atoms with Crippen molar-refractivity contribution in [3.05, 3.63) is 12.4 Å². The van der Waals surface area contributed by atoms with E-state index >= 15 is 0 Å². The maximum Gasteiger partial charge on any atom is 0.227 e. The Morgan fingerprint density at radius 2 is 2.44 bits per heavy atom. The first-order chi connectivity index (χ1) is 7.45. The van der Waals surface area contributed by atoms with E-state index in [1.807, 2.05) is 0 Å². The van der Waals surface area contributed by atoms with Gasteiger partial charge >= 0.3 is 0 Å². The molecule has 0 aliphatic heterocycles. The molecule has 1 unspecified atom stereocenters. The lowest BCUT2D eigenvalue weighted by atomic mass is 10.5. The van der Waals surface area contributed by atoms with Crippen LogP contribution in [-0.2, 0) is 16.6 Å². The molecule has 1 aromatic rings. The smallest absolute Gasteiger partial charge is 0.227 e. The van der Waals surface area contributed by atoms with Gasteiger partial charge in [0.05, 0.1) is 24.5 Å². The summed E-state index contributed by atoms with van der Waals surface area (Å²) in [4.78, 5) is 0. The number of hydrogen-bond donors (Lipinski definition) is 2. The first-order valence-corrected chi connectivity index (χ1v) is 6.16. The molecule has 3 N–H and O–H groups in total. The minimum absolute atomic E-state index is 0.176. The monoisotopic (exact) mass is 243 g/mol. The summed E-state index contributed by atoms with van der Waals surface area (Å²) < 4.78 is 26.6. The van der Waals surface area contributed by atoms with E-state index < -0.39 is 15.3 Å². The molecule has 1 heterocycles. The van der Waals surface area contributed by atoms with Gasteiger partial charge in [0.2, 0.25) is 10.0 Å². The lowest BCUT2D eigenvalue weighted by Gasteiger charge is -2.07. The fourth-order valence-electron chi connectivity index (χ4n) is 0.999. The molecule has 8 heteroatoms. The lowest BCUT2D eigenvalue weighted by Crippen LogP contribution is -2.34. The number of anilines is 1. The van der Waals surface area contributed by atoms with Crippen molar-refractivity contribution in [3.8, 4) is 6.07 Å². The van der Waals surface area contributed by atoms with Gasteiger partial charge in [0.25, 0.3) is 0 Å². The summed E-state index contributed by atoms with van der Waals surface area (Å²) in [5.74, 6) is 0. The molecule has 16 heavy (non-hydrogen) atoms. The molecule has 0 aliphatic rings. The molecule has 0 aromatic carbocycles. The van der Waals surface area contributed by atoms with E-state index in [9.17, 15) is 8.42 Å². The minimum atomic E-state index is -3.56. The van der Waals surface area contributed by atoms with E-state index in [1.54, 1.807) is 12.3 Å². The first kappa shape index (κ1) is 12.5. The molecule has 0 amide bonds.